The highest BCUT2D eigenvalue weighted by Crippen LogP contribution is 2.14. The second kappa shape index (κ2) is 8.31. The molecule has 4 rings (SSSR count). The lowest BCUT2D eigenvalue weighted by Gasteiger charge is -2.11. The fraction of sp³-hybridized carbons (Fsp3) is 0.0833. The van der Waals surface area contributed by atoms with Crippen LogP contribution < -0.4 is 5.56 Å². The molecular formula is C24H17FN2O4. The molecule has 0 aliphatic heterocycles. The number of para-hydroxylation sites is 1. The third kappa shape index (κ3) is 4.11. The maximum Gasteiger partial charge on any atom is 0.338 e. The van der Waals surface area contributed by atoms with Crippen LogP contribution in [0.5, 0.6) is 0 Å². The summed E-state index contributed by atoms with van der Waals surface area (Å²) in [5, 5.41) is 0.493. The molecule has 0 aliphatic rings. The fourth-order valence-electron chi connectivity index (χ4n) is 3.25. The van der Waals surface area contributed by atoms with E-state index in [9.17, 15) is 18.8 Å². The van der Waals surface area contributed by atoms with Crippen LogP contribution in [-0.2, 0) is 4.74 Å². The number of ketones is 1. The Morgan fingerprint density at radius 1 is 0.968 bits per heavy atom. The highest BCUT2D eigenvalue weighted by molar-refractivity contribution is 5.99. The van der Waals surface area contributed by atoms with E-state index in [-0.39, 0.29) is 16.7 Å². The van der Waals surface area contributed by atoms with Gasteiger partial charge in [-0.1, -0.05) is 24.3 Å². The predicted octanol–water partition coefficient (Wildman–Crippen LogP) is 3.87. The smallest absolute Gasteiger partial charge is 0.338 e. The molecule has 1 heterocycles. The van der Waals surface area contributed by atoms with E-state index in [1.54, 1.807) is 37.3 Å². The molecular weight excluding hydrogens is 399 g/mol. The average molecular weight is 416 g/mol. The van der Waals surface area contributed by atoms with E-state index in [1.807, 2.05) is 6.07 Å². The second-order valence-corrected chi connectivity index (χ2v) is 6.87. The number of benzene rings is 3. The largest absolute Gasteiger partial charge is 0.454 e. The average Bonchev–Trinajstić information content (AvgIpc) is 2.77. The van der Waals surface area contributed by atoms with Gasteiger partial charge in [0.15, 0.2) is 12.4 Å². The number of carbonyl (C=O) groups excluding carboxylic acids is 2. The van der Waals surface area contributed by atoms with Crippen molar-refractivity contribution in [2.24, 2.45) is 0 Å². The zero-order chi connectivity index (χ0) is 22.0. The van der Waals surface area contributed by atoms with E-state index in [0.717, 1.165) is 6.07 Å². The van der Waals surface area contributed by atoms with Crippen LogP contribution in [0.4, 0.5) is 4.39 Å². The number of carbonyl (C=O) groups is 2. The Balaban J connectivity index is 1.52. The molecule has 1 aromatic heterocycles. The molecule has 0 saturated carbocycles. The lowest BCUT2D eigenvalue weighted by Crippen LogP contribution is -2.22. The van der Waals surface area contributed by atoms with Crippen molar-refractivity contribution in [1.82, 2.24) is 9.55 Å². The zero-order valence-corrected chi connectivity index (χ0v) is 16.5. The van der Waals surface area contributed by atoms with Crippen LogP contribution in [-0.4, -0.2) is 27.9 Å². The van der Waals surface area contributed by atoms with Crippen molar-refractivity contribution < 1.29 is 18.7 Å². The van der Waals surface area contributed by atoms with E-state index in [1.165, 1.54) is 34.9 Å². The Kier molecular flexibility index (Phi) is 5.41. The number of aromatic nitrogens is 2. The number of Topliss-reactive ketones (excluding diaryl/α,β-unsaturated/α-hetero) is 1. The molecule has 0 aliphatic carbocycles. The standard InChI is InChI=1S/C24H17FN2O4/c1-15-26-21-8-3-2-7-20(21)23(29)27(15)19-11-9-16(10-12-19)24(30)31-14-22(28)17-5-4-6-18(25)13-17/h2-13H,14H2,1H3. The van der Waals surface area contributed by atoms with Crippen molar-refractivity contribution in [2.45, 2.75) is 6.92 Å². The summed E-state index contributed by atoms with van der Waals surface area (Å²) in [5.74, 6) is -1.23. The molecule has 0 atom stereocenters. The minimum atomic E-state index is -0.697. The van der Waals surface area contributed by atoms with Crippen molar-refractivity contribution in [3.63, 3.8) is 0 Å². The van der Waals surface area contributed by atoms with E-state index in [2.05, 4.69) is 4.98 Å². The SMILES string of the molecule is Cc1nc2ccccc2c(=O)n1-c1ccc(C(=O)OCC(=O)c2cccc(F)c2)cc1. The summed E-state index contributed by atoms with van der Waals surface area (Å²) in [4.78, 5) is 41.7. The molecule has 7 heteroatoms. The molecule has 4 aromatic rings. The Bertz CT molecular complexity index is 1360. The predicted molar refractivity (Wildman–Crippen MR) is 113 cm³/mol. The van der Waals surface area contributed by atoms with Gasteiger partial charge in [0.05, 0.1) is 22.2 Å². The fourth-order valence-corrected chi connectivity index (χ4v) is 3.25. The summed E-state index contributed by atoms with van der Waals surface area (Å²) in [7, 11) is 0. The summed E-state index contributed by atoms with van der Waals surface area (Å²) in [6, 6.07) is 18.5. The number of hydrogen-bond donors (Lipinski definition) is 0. The van der Waals surface area contributed by atoms with Gasteiger partial charge in [-0.2, -0.15) is 0 Å². The number of ether oxygens (including phenoxy) is 1. The summed E-state index contributed by atoms with van der Waals surface area (Å²) in [6.07, 6.45) is 0. The van der Waals surface area contributed by atoms with Crippen LogP contribution >= 0.6 is 0 Å². The number of hydrogen-bond acceptors (Lipinski definition) is 5. The van der Waals surface area contributed by atoms with Gasteiger partial charge in [-0.3, -0.25) is 14.2 Å². The van der Waals surface area contributed by atoms with Gasteiger partial charge < -0.3 is 4.74 Å². The number of fused-ring (bicyclic) bond motifs is 1. The lowest BCUT2D eigenvalue weighted by molar-refractivity contribution is 0.0474. The van der Waals surface area contributed by atoms with Crippen molar-refractivity contribution in [1.29, 1.82) is 0 Å². The first-order chi connectivity index (χ1) is 14.9. The third-order valence-corrected chi connectivity index (χ3v) is 4.79. The highest BCUT2D eigenvalue weighted by Gasteiger charge is 2.14. The van der Waals surface area contributed by atoms with Gasteiger partial charge in [0.25, 0.3) is 5.56 Å². The molecule has 0 fully saturated rings. The topological polar surface area (TPSA) is 78.3 Å². The molecule has 6 nitrogen and oxygen atoms in total. The molecule has 31 heavy (non-hydrogen) atoms. The molecule has 3 aromatic carbocycles. The maximum atomic E-state index is 13.2. The van der Waals surface area contributed by atoms with E-state index in [4.69, 9.17) is 4.74 Å². The normalized spacial score (nSPS) is 10.8. The van der Waals surface area contributed by atoms with Gasteiger partial charge in [0.1, 0.15) is 11.6 Å². The van der Waals surface area contributed by atoms with E-state index < -0.39 is 24.2 Å². The molecule has 0 N–H and O–H groups in total. The highest BCUT2D eigenvalue weighted by atomic mass is 19.1. The Hall–Kier alpha value is -4.13. The first kappa shape index (κ1) is 20.2. The summed E-state index contributed by atoms with van der Waals surface area (Å²) in [6.45, 7) is 1.23. The maximum absolute atomic E-state index is 13.2. The third-order valence-electron chi connectivity index (χ3n) is 4.79. The van der Waals surface area contributed by atoms with Crippen molar-refractivity contribution in [3.05, 3.63) is 106 Å². The zero-order valence-electron chi connectivity index (χ0n) is 16.5. The second-order valence-electron chi connectivity index (χ2n) is 6.87. The molecule has 0 radical (unpaired) electrons. The Labute approximate surface area is 176 Å². The van der Waals surface area contributed by atoms with E-state index in [0.29, 0.717) is 22.4 Å². The van der Waals surface area contributed by atoms with Gasteiger partial charge in [0, 0.05) is 5.56 Å². The molecule has 0 bridgehead atoms. The Morgan fingerprint density at radius 2 is 1.71 bits per heavy atom. The van der Waals surface area contributed by atoms with Crippen molar-refractivity contribution in [2.75, 3.05) is 6.61 Å². The van der Waals surface area contributed by atoms with Crippen molar-refractivity contribution in [3.8, 4) is 5.69 Å². The van der Waals surface area contributed by atoms with Crippen LogP contribution in [0, 0.1) is 12.7 Å². The molecule has 0 amide bonds. The van der Waals surface area contributed by atoms with Crippen LogP contribution in [0.25, 0.3) is 16.6 Å². The molecule has 0 saturated heterocycles. The van der Waals surface area contributed by atoms with Crippen LogP contribution in [0.1, 0.15) is 26.5 Å². The molecule has 0 spiro atoms. The first-order valence-corrected chi connectivity index (χ1v) is 9.49. The van der Waals surface area contributed by atoms with Crippen LogP contribution in [0.3, 0.4) is 0 Å². The number of aryl methyl sites for hydroxylation is 1. The van der Waals surface area contributed by atoms with Crippen LogP contribution in [0.2, 0.25) is 0 Å². The monoisotopic (exact) mass is 416 g/mol. The van der Waals surface area contributed by atoms with Crippen LogP contribution in [0.15, 0.2) is 77.6 Å². The van der Waals surface area contributed by atoms with Gasteiger partial charge in [-0.05, 0) is 55.5 Å². The Morgan fingerprint density at radius 3 is 2.45 bits per heavy atom. The molecule has 154 valence electrons. The minimum Gasteiger partial charge on any atom is -0.454 e. The van der Waals surface area contributed by atoms with Gasteiger partial charge in [0.2, 0.25) is 0 Å². The summed E-state index contributed by atoms with van der Waals surface area (Å²) >= 11 is 0. The van der Waals surface area contributed by atoms with E-state index >= 15 is 0 Å². The number of esters is 1. The summed E-state index contributed by atoms with van der Waals surface area (Å²) < 4.78 is 19.7. The summed E-state index contributed by atoms with van der Waals surface area (Å²) in [5.41, 5.74) is 1.30. The number of halogens is 1. The molecule has 0 unspecified atom stereocenters. The first-order valence-electron chi connectivity index (χ1n) is 9.49. The van der Waals surface area contributed by atoms with Gasteiger partial charge >= 0.3 is 5.97 Å². The number of nitrogens with zero attached hydrogens (tertiary/aromatic N) is 2. The number of rotatable bonds is 5. The van der Waals surface area contributed by atoms with Gasteiger partial charge in [-0.25, -0.2) is 14.2 Å². The minimum absolute atomic E-state index is 0.127. The van der Waals surface area contributed by atoms with Crippen molar-refractivity contribution >= 4 is 22.7 Å². The van der Waals surface area contributed by atoms with Gasteiger partial charge in [-0.15, -0.1) is 0 Å². The lowest BCUT2D eigenvalue weighted by atomic mass is 10.1. The quantitative estimate of drug-likeness (QED) is 0.365.